The Hall–Kier alpha value is -2.93. The zero-order valence-corrected chi connectivity index (χ0v) is 18.9. The van der Waals surface area contributed by atoms with Crippen LogP contribution in [0, 0.1) is 0 Å². The second-order valence-corrected chi connectivity index (χ2v) is 7.80. The highest BCUT2D eigenvalue weighted by atomic mass is 32.1. The van der Waals surface area contributed by atoms with Crippen molar-refractivity contribution in [3.63, 3.8) is 0 Å². The molecule has 1 aliphatic rings. The summed E-state index contributed by atoms with van der Waals surface area (Å²) in [5.41, 5.74) is 1.84. The van der Waals surface area contributed by atoms with Crippen LogP contribution in [0.3, 0.4) is 0 Å². The summed E-state index contributed by atoms with van der Waals surface area (Å²) < 4.78 is 5.57. The van der Waals surface area contributed by atoms with Crippen LogP contribution in [0.15, 0.2) is 54.6 Å². The molecule has 7 heteroatoms. The summed E-state index contributed by atoms with van der Waals surface area (Å²) in [6, 6.07) is 16.7. The minimum Gasteiger partial charge on any atom is -0.494 e. The van der Waals surface area contributed by atoms with E-state index in [-0.39, 0.29) is 18.2 Å². The minimum atomic E-state index is -0.580. The number of hydrogen-bond donors (Lipinski definition) is 1. The van der Waals surface area contributed by atoms with Crippen LogP contribution < -0.4 is 10.1 Å². The Balaban J connectivity index is 1.64. The average Bonchev–Trinajstić information content (AvgIpc) is 3.00. The summed E-state index contributed by atoms with van der Waals surface area (Å²) >= 11 is 5.55. The first-order chi connectivity index (χ1) is 15.0. The molecule has 0 bridgehead atoms. The predicted molar refractivity (Wildman–Crippen MR) is 126 cm³/mol. The number of rotatable bonds is 10. The Morgan fingerprint density at radius 2 is 1.81 bits per heavy atom. The van der Waals surface area contributed by atoms with Gasteiger partial charge in [-0.25, -0.2) is 0 Å². The zero-order chi connectivity index (χ0) is 22.2. The maximum absolute atomic E-state index is 12.9. The lowest BCUT2D eigenvalue weighted by molar-refractivity contribution is -0.130. The van der Waals surface area contributed by atoms with Gasteiger partial charge in [0.15, 0.2) is 5.11 Å². The molecule has 1 unspecified atom stereocenters. The molecular formula is C24H29N3O3S. The van der Waals surface area contributed by atoms with Crippen LogP contribution in [-0.2, 0) is 16.0 Å². The number of likely N-dealkylation sites (N-methyl/N-ethyl adjacent to an activating group) is 1. The lowest BCUT2D eigenvalue weighted by Gasteiger charge is -2.23. The van der Waals surface area contributed by atoms with Gasteiger partial charge >= 0.3 is 0 Å². The molecule has 1 saturated heterocycles. The van der Waals surface area contributed by atoms with Gasteiger partial charge in [-0.3, -0.25) is 14.5 Å². The molecule has 0 aromatic heterocycles. The molecule has 0 spiro atoms. The maximum atomic E-state index is 12.9. The smallest absolute Gasteiger partial charge is 0.252 e. The normalized spacial score (nSPS) is 16.0. The molecule has 1 aliphatic heterocycles. The largest absolute Gasteiger partial charge is 0.494 e. The number of benzene rings is 2. The number of nitrogens with zero attached hydrogens (tertiary/aromatic N) is 2. The van der Waals surface area contributed by atoms with Gasteiger partial charge in [-0.1, -0.05) is 37.3 Å². The minimum absolute atomic E-state index is 0.0539. The van der Waals surface area contributed by atoms with Gasteiger partial charge in [0, 0.05) is 18.8 Å². The van der Waals surface area contributed by atoms with Crippen molar-refractivity contribution in [2.45, 2.75) is 39.2 Å². The van der Waals surface area contributed by atoms with E-state index >= 15 is 0 Å². The molecule has 6 nitrogen and oxygen atoms in total. The van der Waals surface area contributed by atoms with Gasteiger partial charge in [0.25, 0.3) is 5.91 Å². The highest BCUT2D eigenvalue weighted by Crippen LogP contribution is 2.22. The summed E-state index contributed by atoms with van der Waals surface area (Å²) in [7, 11) is 0. The molecule has 164 valence electrons. The van der Waals surface area contributed by atoms with Gasteiger partial charge < -0.3 is 15.0 Å². The highest BCUT2D eigenvalue weighted by Gasteiger charge is 2.42. The van der Waals surface area contributed by atoms with E-state index in [4.69, 9.17) is 17.0 Å². The molecule has 1 heterocycles. The Bertz CT molecular complexity index is 902. The number of anilines is 1. The number of thiocarbonyl (C=S) groups is 1. The van der Waals surface area contributed by atoms with Crippen LogP contribution in [0.2, 0.25) is 0 Å². The third-order valence-electron chi connectivity index (χ3n) is 5.19. The van der Waals surface area contributed by atoms with E-state index in [0.717, 1.165) is 18.6 Å². The summed E-state index contributed by atoms with van der Waals surface area (Å²) in [5.74, 6) is 0.437. The number of amides is 2. The molecule has 3 rings (SSSR count). The van der Waals surface area contributed by atoms with E-state index in [1.54, 1.807) is 17.0 Å². The van der Waals surface area contributed by atoms with E-state index in [1.807, 2.05) is 61.2 Å². The van der Waals surface area contributed by atoms with Gasteiger partial charge in [-0.2, -0.15) is 0 Å². The number of nitrogens with one attached hydrogen (secondary N) is 1. The summed E-state index contributed by atoms with van der Waals surface area (Å²) in [4.78, 5) is 29.1. The molecular weight excluding hydrogens is 410 g/mol. The van der Waals surface area contributed by atoms with Gasteiger partial charge in [0.05, 0.1) is 13.0 Å². The molecule has 1 fully saturated rings. The molecule has 2 amide bonds. The van der Waals surface area contributed by atoms with Crippen molar-refractivity contribution in [2.24, 2.45) is 0 Å². The van der Waals surface area contributed by atoms with E-state index in [1.165, 1.54) is 5.56 Å². The van der Waals surface area contributed by atoms with Crippen molar-refractivity contribution >= 4 is 34.8 Å². The van der Waals surface area contributed by atoms with Crippen molar-refractivity contribution in [3.05, 3.63) is 60.2 Å². The monoisotopic (exact) mass is 439 g/mol. The quantitative estimate of drug-likeness (QED) is 0.570. The molecule has 1 N–H and O–H groups in total. The molecule has 31 heavy (non-hydrogen) atoms. The van der Waals surface area contributed by atoms with E-state index < -0.39 is 6.04 Å². The molecule has 2 aromatic carbocycles. The van der Waals surface area contributed by atoms with Gasteiger partial charge in [-0.15, -0.1) is 0 Å². The maximum Gasteiger partial charge on any atom is 0.252 e. The van der Waals surface area contributed by atoms with Crippen LogP contribution in [0.4, 0.5) is 5.69 Å². The van der Waals surface area contributed by atoms with Crippen LogP contribution >= 0.6 is 12.2 Å². The second-order valence-electron chi connectivity index (χ2n) is 7.44. The zero-order valence-electron chi connectivity index (χ0n) is 18.0. The first kappa shape index (κ1) is 22.7. The highest BCUT2D eigenvalue weighted by molar-refractivity contribution is 7.80. The molecule has 0 aliphatic carbocycles. The lowest BCUT2D eigenvalue weighted by atomic mass is 10.1. The second kappa shape index (κ2) is 10.9. The predicted octanol–water partition coefficient (Wildman–Crippen LogP) is 3.86. The van der Waals surface area contributed by atoms with Gasteiger partial charge in [0.1, 0.15) is 11.8 Å². The van der Waals surface area contributed by atoms with E-state index in [9.17, 15) is 9.59 Å². The fourth-order valence-electron chi connectivity index (χ4n) is 3.57. The molecule has 2 aromatic rings. The van der Waals surface area contributed by atoms with Crippen LogP contribution in [0.1, 0.15) is 32.3 Å². The average molecular weight is 440 g/mol. The van der Waals surface area contributed by atoms with E-state index in [0.29, 0.717) is 30.5 Å². The number of carbonyl (C=O) groups is 2. The van der Waals surface area contributed by atoms with Crippen molar-refractivity contribution < 1.29 is 14.3 Å². The van der Waals surface area contributed by atoms with Gasteiger partial charge in [-0.05, 0) is 61.8 Å². The molecule has 0 radical (unpaired) electrons. The lowest BCUT2D eigenvalue weighted by Crippen LogP contribution is -2.39. The summed E-state index contributed by atoms with van der Waals surface area (Å²) in [6.07, 6.45) is 1.74. The number of ether oxygens (including phenoxy) is 1. The first-order valence-electron chi connectivity index (χ1n) is 10.7. The van der Waals surface area contributed by atoms with Crippen LogP contribution in [-0.4, -0.2) is 52.5 Å². The number of carbonyl (C=O) groups excluding carboxylic acids is 2. The molecule has 1 atom stereocenters. The van der Waals surface area contributed by atoms with Crippen molar-refractivity contribution in [3.8, 4) is 5.75 Å². The van der Waals surface area contributed by atoms with Crippen LogP contribution in [0.5, 0.6) is 5.75 Å². The van der Waals surface area contributed by atoms with Crippen molar-refractivity contribution in [1.82, 2.24) is 9.80 Å². The Labute approximate surface area is 189 Å². The summed E-state index contributed by atoms with van der Waals surface area (Å²) in [6.45, 7) is 5.68. The Morgan fingerprint density at radius 3 is 2.45 bits per heavy atom. The third-order valence-corrected chi connectivity index (χ3v) is 5.65. The number of hydrogen-bond acceptors (Lipinski definition) is 4. The van der Waals surface area contributed by atoms with Crippen LogP contribution in [0.25, 0.3) is 0 Å². The standard InChI is InChI=1S/C24H29N3O3S/c1-3-16-30-20-12-10-19(11-13-20)25-22(28)17-21-23(29)26(4-2)24(31)27(21)15-14-18-8-6-5-7-9-18/h5-13,21H,3-4,14-17H2,1-2H3,(H,25,28). The Kier molecular flexibility index (Phi) is 8.00. The van der Waals surface area contributed by atoms with Crippen molar-refractivity contribution in [2.75, 3.05) is 25.0 Å². The first-order valence-corrected chi connectivity index (χ1v) is 11.1. The van der Waals surface area contributed by atoms with Gasteiger partial charge in [0.2, 0.25) is 5.91 Å². The Morgan fingerprint density at radius 1 is 1.10 bits per heavy atom. The fourth-order valence-corrected chi connectivity index (χ4v) is 4.01. The topological polar surface area (TPSA) is 61.9 Å². The van der Waals surface area contributed by atoms with E-state index in [2.05, 4.69) is 5.32 Å². The molecule has 0 saturated carbocycles. The fraction of sp³-hybridized carbons (Fsp3) is 0.375. The SMILES string of the molecule is CCCOc1ccc(NC(=O)CC2C(=O)N(CC)C(=S)N2CCc2ccccc2)cc1. The van der Waals surface area contributed by atoms with Crippen molar-refractivity contribution in [1.29, 1.82) is 0 Å². The third kappa shape index (κ3) is 5.82. The summed E-state index contributed by atoms with van der Waals surface area (Å²) in [5, 5.41) is 3.38.